The van der Waals surface area contributed by atoms with Gasteiger partial charge in [-0.15, -0.1) is 0 Å². The zero-order valence-electron chi connectivity index (χ0n) is 15.9. The fourth-order valence-electron chi connectivity index (χ4n) is 2.93. The highest BCUT2D eigenvalue weighted by Gasteiger charge is 2.15. The topological polar surface area (TPSA) is 76.0 Å². The zero-order valence-corrected chi connectivity index (χ0v) is 16.7. The molecule has 0 aliphatic rings. The number of carbonyl (C=O) groups excluding carboxylic acids is 2. The monoisotopic (exact) mass is 396 g/mol. The molecular weight excluding hydrogens is 376 g/mol. The van der Waals surface area contributed by atoms with Crippen LogP contribution in [0.5, 0.6) is 0 Å². The third-order valence-corrected chi connectivity index (χ3v) is 4.80. The molecule has 0 atom stereocenters. The van der Waals surface area contributed by atoms with Crippen molar-refractivity contribution in [2.45, 2.75) is 20.3 Å². The molecule has 2 N–H and O–H groups in total. The number of nitrogens with one attached hydrogen (secondary N) is 2. The maximum Gasteiger partial charge on any atom is 0.255 e. The zero-order chi connectivity index (χ0) is 20.3. The number of hydrogen-bond donors (Lipinski definition) is 2. The second-order valence-electron chi connectivity index (χ2n) is 6.50. The number of hydrogen-bond acceptors (Lipinski definition) is 3. The van der Waals surface area contributed by atoms with Crippen molar-refractivity contribution in [2.75, 3.05) is 10.6 Å². The molecule has 144 valence electrons. The Labute approximate surface area is 168 Å². The Morgan fingerprint density at radius 2 is 1.61 bits per heavy atom. The van der Waals surface area contributed by atoms with E-state index in [2.05, 4.69) is 15.7 Å². The summed E-state index contributed by atoms with van der Waals surface area (Å²) in [7, 11) is 1.85. The summed E-state index contributed by atoms with van der Waals surface area (Å²) in [4.78, 5) is 25.0. The van der Waals surface area contributed by atoms with Crippen LogP contribution in [0, 0.1) is 13.8 Å². The van der Waals surface area contributed by atoms with Crippen LogP contribution in [0.15, 0.2) is 48.5 Å². The molecule has 1 heterocycles. The van der Waals surface area contributed by atoms with Crippen molar-refractivity contribution in [3.8, 4) is 0 Å². The normalized spacial score (nSPS) is 10.6. The predicted octanol–water partition coefficient (Wildman–Crippen LogP) is 4.12. The standard InChI is InChI=1S/C21H21ClN4O2/c1-13-17(14(2)26(3)25-13)12-20(27)23-18-6-4-5-7-19(18)24-21(28)15-8-10-16(22)11-9-15/h4-11H,12H2,1-3H3,(H,23,27)(H,24,28). The number of nitrogens with zero attached hydrogens (tertiary/aromatic N) is 2. The lowest BCUT2D eigenvalue weighted by atomic mass is 10.1. The highest BCUT2D eigenvalue weighted by atomic mass is 35.5. The summed E-state index contributed by atoms with van der Waals surface area (Å²) >= 11 is 5.86. The average molecular weight is 397 g/mol. The van der Waals surface area contributed by atoms with Gasteiger partial charge in [0.15, 0.2) is 0 Å². The van der Waals surface area contributed by atoms with Gasteiger partial charge in [0.05, 0.1) is 23.5 Å². The third kappa shape index (κ3) is 4.40. The quantitative estimate of drug-likeness (QED) is 0.681. The summed E-state index contributed by atoms with van der Waals surface area (Å²) < 4.78 is 1.76. The van der Waals surface area contributed by atoms with Gasteiger partial charge in [0.2, 0.25) is 5.91 Å². The van der Waals surface area contributed by atoms with E-state index >= 15 is 0 Å². The number of aryl methyl sites for hydroxylation is 2. The fourth-order valence-corrected chi connectivity index (χ4v) is 3.05. The molecule has 0 aliphatic carbocycles. The van der Waals surface area contributed by atoms with Crippen molar-refractivity contribution in [3.05, 3.63) is 76.1 Å². The summed E-state index contributed by atoms with van der Waals surface area (Å²) in [5.41, 5.74) is 4.23. The van der Waals surface area contributed by atoms with Crippen LogP contribution in [0.2, 0.25) is 5.02 Å². The molecule has 0 spiro atoms. The first-order valence-corrected chi connectivity index (χ1v) is 9.18. The molecule has 0 aliphatic heterocycles. The molecule has 1 aromatic heterocycles. The number of carbonyl (C=O) groups is 2. The smallest absolute Gasteiger partial charge is 0.255 e. The minimum Gasteiger partial charge on any atom is -0.324 e. The first-order valence-electron chi connectivity index (χ1n) is 8.80. The maximum absolute atomic E-state index is 12.6. The molecule has 3 rings (SSSR count). The summed E-state index contributed by atoms with van der Waals surface area (Å²) in [5.74, 6) is -0.454. The molecule has 0 unspecified atom stereocenters. The van der Waals surface area contributed by atoms with Crippen LogP contribution in [-0.2, 0) is 18.3 Å². The summed E-state index contributed by atoms with van der Waals surface area (Å²) in [6, 6.07) is 13.7. The number of aromatic nitrogens is 2. The van der Waals surface area contributed by atoms with Gasteiger partial charge in [-0.3, -0.25) is 14.3 Å². The van der Waals surface area contributed by atoms with Crippen molar-refractivity contribution in [1.29, 1.82) is 0 Å². The van der Waals surface area contributed by atoms with Crippen molar-refractivity contribution < 1.29 is 9.59 Å². The molecular formula is C21H21ClN4O2. The van der Waals surface area contributed by atoms with Crippen molar-refractivity contribution >= 4 is 34.8 Å². The molecule has 0 radical (unpaired) electrons. The van der Waals surface area contributed by atoms with Crippen LogP contribution in [0.25, 0.3) is 0 Å². The number of anilines is 2. The molecule has 0 saturated carbocycles. The predicted molar refractivity (Wildman–Crippen MR) is 111 cm³/mol. The van der Waals surface area contributed by atoms with E-state index in [4.69, 9.17) is 11.6 Å². The van der Waals surface area contributed by atoms with E-state index in [0.29, 0.717) is 22.0 Å². The van der Waals surface area contributed by atoms with Crippen molar-refractivity contribution in [3.63, 3.8) is 0 Å². The highest BCUT2D eigenvalue weighted by Crippen LogP contribution is 2.23. The Morgan fingerprint density at radius 1 is 1.00 bits per heavy atom. The Morgan fingerprint density at radius 3 is 2.18 bits per heavy atom. The molecule has 2 amide bonds. The van der Waals surface area contributed by atoms with Gasteiger partial charge < -0.3 is 10.6 Å². The third-order valence-electron chi connectivity index (χ3n) is 4.55. The number of para-hydroxylation sites is 2. The van der Waals surface area contributed by atoms with Gasteiger partial charge in [0, 0.05) is 28.9 Å². The van der Waals surface area contributed by atoms with Gasteiger partial charge in [0.25, 0.3) is 5.91 Å². The molecule has 6 nitrogen and oxygen atoms in total. The van der Waals surface area contributed by atoms with Crippen LogP contribution in [0.1, 0.15) is 27.3 Å². The van der Waals surface area contributed by atoms with Gasteiger partial charge >= 0.3 is 0 Å². The average Bonchev–Trinajstić information content (AvgIpc) is 2.90. The summed E-state index contributed by atoms with van der Waals surface area (Å²) in [6.45, 7) is 3.82. The number of benzene rings is 2. The van der Waals surface area contributed by atoms with Gasteiger partial charge in [-0.1, -0.05) is 23.7 Å². The van der Waals surface area contributed by atoms with Crippen LogP contribution in [0.4, 0.5) is 11.4 Å². The number of rotatable bonds is 5. The van der Waals surface area contributed by atoms with E-state index < -0.39 is 0 Å². The Bertz CT molecular complexity index is 1030. The second kappa shape index (κ2) is 8.27. The van der Waals surface area contributed by atoms with Gasteiger partial charge in [-0.25, -0.2) is 0 Å². The highest BCUT2D eigenvalue weighted by molar-refractivity contribution is 6.30. The van der Waals surface area contributed by atoms with E-state index in [1.807, 2.05) is 20.9 Å². The molecule has 0 bridgehead atoms. The van der Waals surface area contributed by atoms with Gasteiger partial charge in [-0.05, 0) is 50.2 Å². The van der Waals surface area contributed by atoms with Gasteiger partial charge in [-0.2, -0.15) is 5.10 Å². The maximum atomic E-state index is 12.6. The second-order valence-corrected chi connectivity index (χ2v) is 6.94. The lowest BCUT2D eigenvalue weighted by Crippen LogP contribution is -2.18. The summed E-state index contributed by atoms with van der Waals surface area (Å²) in [5, 5.41) is 10.6. The first kappa shape index (κ1) is 19.6. The fraction of sp³-hybridized carbons (Fsp3) is 0.190. The Hall–Kier alpha value is -3.12. The molecule has 3 aromatic rings. The largest absolute Gasteiger partial charge is 0.324 e. The Balaban J connectivity index is 1.74. The number of amides is 2. The van der Waals surface area contributed by atoms with Crippen molar-refractivity contribution in [2.24, 2.45) is 7.05 Å². The number of halogens is 1. The molecule has 28 heavy (non-hydrogen) atoms. The lowest BCUT2D eigenvalue weighted by molar-refractivity contribution is -0.115. The molecule has 7 heteroatoms. The minimum absolute atomic E-state index is 0.174. The minimum atomic E-state index is -0.280. The van der Waals surface area contributed by atoms with Gasteiger partial charge in [0.1, 0.15) is 0 Å². The summed E-state index contributed by atoms with van der Waals surface area (Å²) in [6.07, 6.45) is 0.213. The van der Waals surface area contributed by atoms with Crippen molar-refractivity contribution in [1.82, 2.24) is 9.78 Å². The first-order chi connectivity index (χ1) is 13.3. The van der Waals surface area contributed by atoms with Crippen LogP contribution < -0.4 is 10.6 Å². The SMILES string of the molecule is Cc1nn(C)c(C)c1CC(=O)Nc1ccccc1NC(=O)c1ccc(Cl)cc1. The van der Waals surface area contributed by atoms with E-state index in [0.717, 1.165) is 17.0 Å². The van der Waals surface area contributed by atoms with Crippen LogP contribution in [-0.4, -0.2) is 21.6 Å². The van der Waals surface area contributed by atoms with E-state index in [1.165, 1.54) is 0 Å². The van der Waals surface area contributed by atoms with E-state index in [1.54, 1.807) is 53.2 Å². The van der Waals surface area contributed by atoms with E-state index in [9.17, 15) is 9.59 Å². The van der Waals surface area contributed by atoms with Crippen LogP contribution >= 0.6 is 11.6 Å². The molecule has 0 saturated heterocycles. The Kier molecular flexibility index (Phi) is 5.80. The van der Waals surface area contributed by atoms with E-state index in [-0.39, 0.29) is 18.2 Å². The molecule has 0 fully saturated rings. The molecule has 2 aromatic carbocycles. The van der Waals surface area contributed by atoms with Crippen LogP contribution in [0.3, 0.4) is 0 Å². The lowest BCUT2D eigenvalue weighted by Gasteiger charge is -2.12.